The van der Waals surface area contributed by atoms with E-state index in [-0.39, 0.29) is 33.0 Å². The molecule has 23 heavy (non-hydrogen) atoms. The maximum absolute atomic E-state index is 12.7. The first-order chi connectivity index (χ1) is 10.9. The van der Waals surface area contributed by atoms with Crippen LogP contribution in [-0.4, -0.2) is 31.2 Å². The molecule has 0 saturated carbocycles. The number of hydrogen-bond donors (Lipinski definition) is 1. The van der Waals surface area contributed by atoms with Crippen molar-refractivity contribution >= 4 is 39.4 Å². The van der Waals surface area contributed by atoms with Gasteiger partial charge in [-0.1, -0.05) is 23.7 Å². The number of benzene rings is 2. The third-order valence-electron chi connectivity index (χ3n) is 3.72. The van der Waals surface area contributed by atoms with Crippen molar-refractivity contribution in [1.29, 1.82) is 0 Å². The second-order valence-electron chi connectivity index (χ2n) is 5.02. The van der Waals surface area contributed by atoms with Crippen molar-refractivity contribution in [2.75, 3.05) is 7.05 Å². The summed E-state index contributed by atoms with van der Waals surface area (Å²) >= 11 is 5.97. The Morgan fingerprint density at radius 1 is 1.13 bits per heavy atom. The number of fused-ring (bicyclic) bond motifs is 1. The molecule has 1 heterocycles. The minimum absolute atomic E-state index is 0.0124. The lowest BCUT2D eigenvalue weighted by Gasteiger charge is -2.30. The third kappa shape index (κ3) is 2.31. The summed E-state index contributed by atoms with van der Waals surface area (Å²) in [4.78, 5) is 11.3. The van der Waals surface area contributed by atoms with E-state index in [4.69, 9.17) is 11.6 Å². The van der Waals surface area contributed by atoms with Gasteiger partial charge in [0.1, 0.15) is 11.5 Å². The molecule has 5 nitrogen and oxygen atoms in total. The molecule has 1 aliphatic heterocycles. The molecule has 0 amide bonds. The van der Waals surface area contributed by atoms with E-state index in [1.54, 1.807) is 12.1 Å². The predicted molar refractivity (Wildman–Crippen MR) is 87.7 cm³/mol. The topological polar surface area (TPSA) is 74.7 Å². The van der Waals surface area contributed by atoms with Crippen molar-refractivity contribution in [2.45, 2.75) is 4.90 Å². The predicted octanol–water partition coefficient (Wildman–Crippen LogP) is 3.17. The molecule has 1 N–H and O–H groups in total. The standard InChI is InChI=1S/C16H12ClNO4S/c1-18-15(13-8-11(17)7-6-10(13)9-19)16(20)12-4-2-3-5-14(12)23(18,21)22/h2-9,20H,1H3. The average molecular weight is 350 g/mol. The highest BCUT2D eigenvalue weighted by atomic mass is 35.5. The second-order valence-corrected chi connectivity index (χ2v) is 7.39. The molecule has 2 aromatic carbocycles. The Morgan fingerprint density at radius 3 is 2.52 bits per heavy atom. The van der Waals surface area contributed by atoms with Crippen LogP contribution in [0.1, 0.15) is 21.5 Å². The van der Waals surface area contributed by atoms with Gasteiger partial charge in [-0.25, -0.2) is 8.42 Å². The molecule has 0 spiro atoms. The van der Waals surface area contributed by atoms with Crippen molar-refractivity contribution in [3.63, 3.8) is 0 Å². The molecule has 118 valence electrons. The number of aldehydes is 1. The van der Waals surface area contributed by atoms with Gasteiger partial charge >= 0.3 is 0 Å². The van der Waals surface area contributed by atoms with Gasteiger partial charge < -0.3 is 5.11 Å². The molecule has 2 aromatic rings. The summed E-state index contributed by atoms with van der Waals surface area (Å²) in [6.07, 6.45) is 0.590. The minimum Gasteiger partial charge on any atom is -0.505 e. The highest BCUT2D eigenvalue weighted by molar-refractivity contribution is 7.89. The lowest BCUT2D eigenvalue weighted by molar-refractivity contribution is 0.112. The maximum atomic E-state index is 12.7. The van der Waals surface area contributed by atoms with Gasteiger partial charge in [-0.3, -0.25) is 9.10 Å². The smallest absolute Gasteiger partial charge is 0.264 e. The Bertz CT molecular complexity index is 950. The third-order valence-corrected chi connectivity index (χ3v) is 5.77. The minimum atomic E-state index is -3.83. The number of carbonyl (C=O) groups is 1. The quantitative estimate of drug-likeness (QED) is 0.845. The Balaban J connectivity index is 2.40. The summed E-state index contributed by atoms with van der Waals surface area (Å²) in [6.45, 7) is 0. The molecule has 0 aromatic heterocycles. The van der Waals surface area contributed by atoms with Gasteiger partial charge in [0.25, 0.3) is 10.0 Å². The van der Waals surface area contributed by atoms with Gasteiger partial charge in [0.15, 0.2) is 6.29 Å². The van der Waals surface area contributed by atoms with E-state index < -0.39 is 10.0 Å². The number of aliphatic hydroxyl groups is 1. The van der Waals surface area contributed by atoms with E-state index in [1.807, 2.05) is 0 Å². The number of nitrogens with zero attached hydrogens (tertiary/aromatic N) is 1. The van der Waals surface area contributed by atoms with Crippen molar-refractivity contribution < 1.29 is 18.3 Å². The van der Waals surface area contributed by atoms with Crippen LogP contribution in [0.25, 0.3) is 11.5 Å². The fourth-order valence-corrected chi connectivity index (χ4v) is 4.15. The molecule has 3 rings (SSSR count). The molecule has 7 heteroatoms. The molecular formula is C16H12ClNO4S. The molecule has 1 aliphatic rings. The van der Waals surface area contributed by atoms with Crippen LogP contribution < -0.4 is 0 Å². The summed E-state index contributed by atoms with van der Waals surface area (Å²) in [7, 11) is -2.51. The zero-order chi connectivity index (χ0) is 16.8. The maximum Gasteiger partial charge on any atom is 0.264 e. The van der Waals surface area contributed by atoms with Crippen molar-refractivity contribution in [1.82, 2.24) is 4.31 Å². The summed E-state index contributed by atoms with van der Waals surface area (Å²) in [6, 6.07) is 10.6. The van der Waals surface area contributed by atoms with Gasteiger partial charge in [-0.2, -0.15) is 0 Å². The van der Waals surface area contributed by atoms with E-state index in [1.165, 1.54) is 37.4 Å². The van der Waals surface area contributed by atoms with E-state index in [0.29, 0.717) is 11.3 Å². The Hall–Kier alpha value is -2.31. The van der Waals surface area contributed by atoms with Gasteiger partial charge in [-0.05, 0) is 30.3 Å². The average Bonchev–Trinajstić information content (AvgIpc) is 2.54. The van der Waals surface area contributed by atoms with Crippen LogP contribution in [0.3, 0.4) is 0 Å². The molecular weight excluding hydrogens is 338 g/mol. The highest BCUT2D eigenvalue weighted by Crippen LogP contribution is 2.40. The Morgan fingerprint density at radius 2 is 1.83 bits per heavy atom. The summed E-state index contributed by atoms with van der Waals surface area (Å²) in [5.41, 5.74) is 0.702. The van der Waals surface area contributed by atoms with Crippen LogP contribution in [0.5, 0.6) is 0 Å². The van der Waals surface area contributed by atoms with Gasteiger partial charge in [-0.15, -0.1) is 0 Å². The number of sulfonamides is 1. The summed E-state index contributed by atoms with van der Waals surface area (Å²) < 4.78 is 26.3. The highest BCUT2D eigenvalue weighted by Gasteiger charge is 2.35. The van der Waals surface area contributed by atoms with Gasteiger partial charge in [0.2, 0.25) is 0 Å². The Labute approximate surface area is 138 Å². The van der Waals surface area contributed by atoms with Crippen molar-refractivity contribution in [3.8, 4) is 0 Å². The van der Waals surface area contributed by atoms with Crippen LogP contribution in [0.4, 0.5) is 0 Å². The molecule has 0 aliphatic carbocycles. The molecule has 0 saturated heterocycles. The monoisotopic (exact) mass is 349 g/mol. The number of aliphatic hydroxyl groups excluding tert-OH is 1. The fourth-order valence-electron chi connectivity index (χ4n) is 2.57. The SMILES string of the molecule is CN1C(c2cc(Cl)ccc2C=O)=C(O)c2ccccc2S1(=O)=O. The first kappa shape index (κ1) is 15.6. The van der Waals surface area contributed by atoms with Gasteiger partial charge in [0, 0.05) is 28.8 Å². The fraction of sp³-hybridized carbons (Fsp3) is 0.0625. The lowest BCUT2D eigenvalue weighted by Crippen LogP contribution is -2.31. The van der Waals surface area contributed by atoms with Crippen LogP contribution in [0.2, 0.25) is 5.02 Å². The molecule has 0 bridgehead atoms. The van der Waals surface area contributed by atoms with E-state index in [9.17, 15) is 18.3 Å². The van der Waals surface area contributed by atoms with Crippen LogP contribution in [0.15, 0.2) is 47.4 Å². The van der Waals surface area contributed by atoms with Crippen molar-refractivity contribution in [2.24, 2.45) is 0 Å². The number of hydrogen-bond acceptors (Lipinski definition) is 4. The lowest BCUT2D eigenvalue weighted by atomic mass is 10.0. The number of rotatable bonds is 2. The normalized spacial score (nSPS) is 16.2. The van der Waals surface area contributed by atoms with E-state index in [2.05, 4.69) is 0 Å². The zero-order valence-corrected chi connectivity index (χ0v) is 13.6. The molecule has 0 atom stereocenters. The first-order valence-electron chi connectivity index (χ1n) is 6.64. The Kier molecular flexibility index (Phi) is 3.66. The van der Waals surface area contributed by atoms with Crippen molar-refractivity contribution in [3.05, 3.63) is 64.2 Å². The van der Waals surface area contributed by atoms with Crippen LogP contribution in [0, 0.1) is 0 Å². The number of halogens is 1. The largest absolute Gasteiger partial charge is 0.505 e. The second kappa shape index (κ2) is 5.40. The molecule has 0 radical (unpaired) electrons. The number of carbonyl (C=O) groups excluding carboxylic acids is 1. The molecule has 0 unspecified atom stereocenters. The van der Waals surface area contributed by atoms with Crippen LogP contribution >= 0.6 is 11.6 Å². The summed E-state index contributed by atoms with van der Waals surface area (Å²) in [5.74, 6) is -0.219. The van der Waals surface area contributed by atoms with E-state index >= 15 is 0 Å². The van der Waals surface area contributed by atoms with Crippen LogP contribution in [-0.2, 0) is 10.0 Å². The van der Waals surface area contributed by atoms with Gasteiger partial charge in [0.05, 0.1) is 4.90 Å². The van der Waals surface area contributed by atoms with E-state index in [0.717, 1.165) is 4.31 Å². The summed E-state index contributed by atoms with van der Waals surface area (Å²) in [5, 5.41) is 10.9. The zero-order valence-electron chi connectivity index (χ0n) is 12.0. The first-order valence-corrected chi connectivity index (χ1v) is 8.46. The molecule has 0 fully saturated rings.